The fourth-order valence-corrected chi connectivity index (χ4v) is 8.37. The average molecular weight is 719 g/mol. The van der Waals surface area contributed by atoms with E-state index in [9.17, 15) is 0 Å². The summed E-state index contributed by atoms with van der Waals surface area (Å²) in [6.45, 7) is 0. The number of hydrogen-bond donors (Lipinski definition) is 0. The highest BCUT2D eigenvalue weighted by atomic mass is 16.5. The van der Waals surface area contributed by atoms with E-state index < -0.39 is 0 Å². The molecule has 264 valence electrons. The lowest BCUT2D eigenvalue weighted by atomic mass is 9.92. The summed E-state index contributed by atoms with van der Waals surface area (Å²) in [5.41, 5.74) is 12.4. The van der Waals surface area contributed by atoms with Crippen molar-refractivity contribution in [2.75, 3.05) is 9.80 Å². The fourth-order valence-electron chi connectivity index (χ4n) is 8.37. The van der Waals surface area contributed by atoms with Crippen LogP contribution >= 0.6 is 0 Å². The summed E-state index contributed by atoms with van der Waals surface area (Å²) in [6, 6.07) is 72.4. The summed E-state index contributed by atoms with van der Waals surface area (Å²) >= 11 is 0. The van der Waals surface area contributed by atoms with Crippen molar-refractivity contribution < 1.29 is 9.15 Å². The van der Waals surface area contributed by atoms with Gasteiger partial charge < -0.3 is 19.0 Å². The second-order valence-electron chi connectivity index (χ2n) is 14.1. The van der Waals surface area contributed by atoms with Crippen LogP contribution in [0.15, 0.2) is 211 Å². The molecule has 0 aliphatic carbocycles. The first-order valence-corrected chi connectivity index (χ1v) is 18.9. The highest BCUT2D eigenvalue weighted by molar-refractivity contribution is 6.13. The van der Waals surface area contributed by atoms with Gasteiger partial charge in [0, 0.05) is 50.1 Å². The van der Waals surface area contributed by atoms with Gasteiger partial charge in [0.25, 0.3) is 0 Å². The lowest BCUT2D eigenvalue weighted by molar-refractivity contribution is 0.487. The monoisotopic (exact) mass is 718 g/mol. The number of nitrogens with zero attached hydrogens (tertiary/aromatic N) is 2. The molecule has 11 rings (SSSR count). The molecular formula is C52H34N2O2. The van der Waals surface area contributed by atoms with Crippen molar-refractivity contribution in [3.8, 4) is 33.8 Å². The normalized spacial score (nSPS) is 11.7. The van der Waals surface area contributed by atoms with E-state index in [4.69, 9.17) is 9.15 Å². The molecule has 0 amide bonds. The van der Waals surface area contributed by atoms with Crippen LogP contribution in [0.3, 0.4) is 0 Å². The number of anilines is 6. The van der Waals surface area contributed by atoms with Gasteiger partial charge in [0.2, 0.25) is 0 Å². The minimum Gasteiger partial charge on any atom is -0.456 e. The van der Waals surface area contributed by atoms with Crippen LogP contribution in [-0.4, -0.2) is 0 Å². The van der Waals surface area contributed by atoms with E-state index in [0.29, 0.717) is 0 Å². The van der Waals surface area contributed by atoms with Crippen LogP contribution in [0.1, 0.15) is 0 Å². The molecule has 0 saturated carbocycles. The first kappa shape index (κ1) is 31.9. The van der Waals surface area contributed by atoms with E-state index in [0.717, 1.165) is 101 Å². The van der Waals surface area contributed by atoms with Crippen molar-refractivity contribution in [3.05, 3.63) is 206 Å². The Hall–Kier alpha value is -7.56. The van der Waals surface area contributed by atoms with Crippen molar-refractivity contribution in [2.45, 2.75) is 0 Å². The van der Waals surface area contributed by atoms with Crippen molar-refractivity contribution in [1.29, 1.82) is 0 Å². The Bertz CT molecular complexity index is 3020. The maximum Gasteiger partial charge on any atom is 0.159 e. The molecular weight excluding hydrogens is 685 g/mol. The molecule has 0 unspecified atom stereocenters. The Balaban J connectivity index is 1.10. The van der Waals surface area contributed by atoms with E-state index in [1.54, 1.807) is 0 Å². The Kier molecular flexibility index (Phi) is 7.46. The second kappa shape index (κ2) is 13.1. The first-order valence-electron chi connectivity index (χ1n) is 18.9. The van der Waals surface area contributed by atoms with Gasteiger partial charge in [0.05, 0.1) is 22.7 Å². The van der Waals surface area contributed by atoms with E-state index in [2.05, 4.69) is 204 Å². The van der Waals surface area contributed by atoms with Crippen LogP contribution in [0.4, 0.5) is 34.1 Å². The van der Waals surface area contributed by atoms with Crippen LogP contribution in [0, 0.1) is 0 Å². The molecule has 1 aliphatic rings. The van der Waals surface area contributed by atoms with Crippen molar-refractivity contribution in [2.24, 2.45) is 0 Å². The molecule has 56 heavy (non-hydrogen) atoms. The Morgan fingerprint density at radius 1 is 0.339 bits per heavy atom. The van der Waals surface area contributed by atoms with Gasteiger partial charge >= 0.3 is 0 Å². The van der Waals surface area contributed by atoms with Crippen molar-refractivity contribution in [3.63, 3.8) is 0 Å². The van der Waals surface area contributed by atoms with Crippen LogP contribution in [-0.2, 0) is 0 Å². The average Bonchev–Trinajstić information content (AvgIpc) is 3.65. The highest BCUT2D eigenvalue weighted by Crippen LogP contribution is 2.53. The molecule has 0 bridgehead atoms. The SMILES string of the molecule is c1ccc(-c2ccccc2N(c2ccc3c(c2)Oc2cccc4c(N(c5ccccc5)c5ccccc5)ccc-3c24)c2cccc3c2oc2ccccc23)cc1. The Labute approximate surface area is 324 Å². The largest absolute Gasteiger partial charge is 0.456 e. The van der Waals surface area contributed by atoms with E-state index >= 15 is 0 Å². The fraction of sp³-hybridized carbons (Fsp3) is 0. The molecule has 1 aliphatic heterocycles. The predicted molar refractivity (Wildman–Crippen MR) is 232 cm³/mol. The molecule has 4 nitrogen and oxygen atoms in total. The quantitative estimate of drug-likeness (QED) is 0.164. The summed E-state index contributed by atoms with van der Waals surface area (Å²) in [7, 11) is 0. The van der Waals surface area contributed by atoms with Crippen LogP contribution < -0.4 is 14.5 Å². The van der Waals surface area contributed by atoms with Crippen LogP contribution in [0.25, 0.3) is 55.0 Å². The number of furan rings is 1. The number of benzene rings is 9. The molecule has 0 radical (unpaired) electrons. The summed E-state index contributed by atoms with van der Waals surface area (Å²) in [5, 5.41) is 4.39. The van der Waals surface area contributed by atoms with Gasteiger partial charge in [-0.25, -0.2) is 0 Å². The third-order valence-electron chi connectivity index (χ3n) is 10.8. The lowest BCUT2D eigenvalue weighted by Gasteiger charge is -2.31. The highest BCUT2D eigenvalue weighted by Gasteiger charge is 2.27. The number of hydrogen-bond acceptors (Lipinski definition) is 4. The van der Waals surface area contributed by atoms with Crippen LogP contribution in [0.5, 0.6) is 11.5 Å². The van der Waals surface area contributed by atoms with Gasteiger partial charge in [-0.3, -0.25) is 0 Å². The third kappa shape index (κ3) is 5.15. The zero-order chi connectivity index (χ0) is 37.0. The number of rotatable bonds is 7. The predicted octanol–water partition coefficient (Wildman–Crippen LogP) is 15.1. The molecule has 2 heterocycles. The number of para-hydroxylation sites is 5. The summed E-state index contributed by atoms with van der Waals surface area (Å²) in [5.74, 6) is 1.64. The maximum atomic E-state index is 6.94. The van der Waals surface area contributed by atoms with Gasteiger partial charge in [-0.1, -0.05) is 133 Å². The summed E-state index contributed by atoms with van der Waals surface area (Å²) in [4.78, 5) is 4.63. The zero-order valence-electron chi connectivity index (χ0n) is 30.3. The first-order chi connectivity index (χ1) is 27.8. The number of fused-ring (bicyclic) bond motifs is 5. The molecule has 9 aromatic carbocycles. The van der Waals surface area contributed by atoms with Gasteiger partial charge in [0.1, 0.15) is 17.1 Å². The van der Waals surface area contributed by atoms with Crippen molar-refractivity contribution in [1.82, 2.24) is 0 Å². The topological polar surface area (TPSA) is 28.9 Å². The Morgan fingerprint density at radius 2 is 0.964 bits per heavy atom. The third-order valence-corrected chi connectivity index (χ3v) is 10.8. The standard InChI is InChI=1S/C52H34N2O2/c1-4-16-35(17-5-1)39-22-10-12-26-45(39)54(47-27-14-24-43-40-23-11-13-28-48(40)56-52(43)47)38-30-31-41-42-32-33-46(44-25-15-29-49(51(42)44)55-50(41)34-38)53(36-18-6-2-7-19-36)37-20-8-3-9-21-37/h1-34H. The lowest BCUT2D eigenvalue weighted by Crippen LogP contribution is -2.12. The molecule has 10 aromatic rings. The maximum absolute atomic E-state index is 6.94. The minimum absolute atomic E-state index is 0.803. The molecule has 0 atom stereocenters. The molecule has 0 spiro atoms. The summed E-state index contributed by atoms with van der Waals surface area (Å²) < 4.78 is 13.6. The van der Waals surface area contributed by atoms with E-state index in [-0.39, 0.29) is 0 Å². The molecule has 0 N–H and O–H groups in total. The van der Waals surface area contributed by atoms with Crippen molar-refractivity contribution >= 4 is 66.8 Å². The van der Waals surface area contributed by atoms with Gasteiger partial charge in [-0.2, -0.15) is 0 Å². The Morgan fingerprint density at radius 3 is 1.77 bits per heavy atom. The zero-order valence-corrected chi connectivity index (χ0v) is 30.3. The van der Waals surface area contributed by atoms with Gasteiger partial charge in [-0.05, 0) is 77.9 Å². The van der Waals surface area contributed by atoms with Gasteiger partial charge in [0.15, 0.2) is 5.58 Å². The van der Waals surface area contributed by atoms with E-state index in [1.807, 2.05) is 12.1 Å². The van der Waals surface area contributed by atoms with Crippen LogP contribution in [0.2, 0.25) is 0 Å². The minimum atomic E-state index is 0.803. The molecule has 4 heteroatoms. The number of ether oxygens (including phenoxy) is 1. The smallest absolute Gasteiger partial charge is 0.159 e. The second-order valence-corrected chi connectivity index (χ2v) is 14.1. The van der Waals surface area contributed by atoms with E-state index in [1.165, 1.54) is 0 Å². The molecule has 0 fully saturated rings. The summed E-state index contributed by atoms with van der Waals surface area (Å²) in [6.07, 6.45) is 0. The molecule has 1 aromatic heterocycles. The van der Waals surface area contributed by atoms with Gasteiger partial charge in [-0.15, -0.1) is 0 Å². The molecule has 0 saturated heterocycles.